The van der Waals surface area contributed by atoms with Crippen molar-refractivity contribution in [2.75, 3.05) is 53.5 Å². The average molecular weight is 446 g/mol. The van der Waals surface area contributed by atoms with Gasteiger partial charge in [0.15, 0.2) is 11.5 Å². The van der Waals surface area contributed by atoms with Crippen LogP contribution in [0, 0.1) is 0 Å². The fourth-order valence-corrected chi connectivity index (χ4v) is 3.77. The number of benzene rings is 2. The van der Waals surface area contributed by atoms with Crippen molar-refractivity contribution in [1.82, 2.24) is 15.1 Å². The Hall–Kier alpha value is -2.77. The van der Waals surface area contributed by atoms with Gasteiger partial charge in [0.1, 0.15) is 0 Å². The monoisotopic (exact) mass is 445 g/mol. The molecule has 0 radical (unpaired) electrons. The number of nitrogens with one attached hydrogen (secondary N) is 1. The second-order valence-electron chi connectivity index (χ2n) is 7.34. The van der Waals surface area contributed by atoms with E-state index in [9.17, 15) is 9.59 Å². The second kappa shape index (κ2) is 11.0. The summed E-state index contributed by atoms with van der Waals surface area (Å²) in [6.45, 7) is 3.31. The number of methoxy groups -OCH3 is 2. The number of halogens is 1. The van der Waals surface area contributed by atoms with Crippen LogP contribution in [0.25, 0.3) is 0 Å². The van der Waals surface area contributed by atoms with Gasteiger partial charge in [-0.2, -0.15) is 0 Å². The van der Waals surface area contributed by atoms with E-state index in [-0.39, 0.29) is 11.8 Å². The summed E-state index contributed by atoms with van der Waals surface area (Å²) >= 11 is 6.14. The van der Waals surface area contributed by atoms with E-state index in [1.54, 1.807) is 37.3 Å². The molecule has 3 rings (SSSR count). The zero-order valence-electron chi connectivity index (χ0n) is 17.9. The lowest BCUT2D eigenvalue weighted by molar-refractivity contribution is -0.122. The van der Waals surface area contributed by atoms with Crippen LogP contribution >= 0.6 is 11.6 Å². The number of ether oxygens (including phenoxy) is 2. The molecule has 1 fully saturated rings. The largest absolute Gasteiger partial charge is 0.493 e. The van der Waals surface area contributed by atoms with Gasteiger partial charge in [-0.15, -0.1) is 0 Å². The van der Waals surface area contributed by atoms with Crippen molar-refractivity contribution in [3.8, 4) is 11.5 Å². The van der Waals surface area contributed by atoms with E-state index >= 15 is 0 Å². The fourth-order valence-electron chi connectivity index (χ4n) is 3.56. The van der Waals surface area contributed by atoms with Gasteiger partial charge in [-0.05, 0) is 36.2 Å². The molecule has 2 amide bonds. The zero-order chi connectivity index (χ0) is 22.2. The molecular weight excluding hydrogens is 418 g/mol. The molecule has 0 bridgehead atoms. The molecule has 0 aliphatic carbocycles. The van der Waals surface area contributed by atoms with Gasteiger partial charge in [0.25, 0.3) is 5.91 Å². The van der Waals surface area contributed by atoms with Crippen molar-refractivity contribution in [3.05, 3.63) is 58.6 Å². The Morgan fingerprint density at radius 1 is 1.00 bits per heavy atom. The summed E-state index contributed by atoms with van der Waals surface area (Å²) in [5.74, 6) is 1.27. The van der Waals surface area contributed by atoms with Crippen LogP contribution in [0.1, 0.15) is 15.9 Å². The van der Waals surface area contributed by atoms with E-state index in [1.165, 1.54) is 0 Å². The first-order valence-corrected chi connectivity index (χ1v) is 10.6. The third-order valence-corrected chi connectivity index (χ3v) is 5.64. The maximum atomic E-state index is 12.6. The van der Waals surface area contributed by atoms with E-state index < -0.39 is 0 Å². The molecular formula is C23H28ClN3O4. The Morgan fingerprint density at radius 3 is 2.39 bits per heavy atom. The van der Waals surface area contributed by atoms with Crippen molar-refractivity contribution in [3.63, 3.8) is 0 Å². The Balaban J connectivity index is 1.40. The SMILES string of the molecule is COc1ccc(CCNC(=O)CN2CCN(C(=O)c3ccccc3Cl)CC2)cc1OC. The maximum absolute atomic E-state index is 12.6. The van der Waals surface area contributed by atoms with E-state index in [2.05, 4.69) is 10.2 Å². The van der Waals surface area contributed by atoms with Crippen LogP contribution in [-0.2, 0) is 11.2 Å². The maximum Gasteiger partial charge on any atom is 0.255 e. The summed E-state index contributed by atoms with van der Waals surface area (Å²) in [4.78, 5) is 28.8. The average Bonchev–Trinajstić information content (AvgIpc) is 2.79. The molecule has 0 unspecified atom stereocenters. The predicted molar refractivity (Wildman–Crippen MR) is 120 cm³/mol. The van der Waals surface area contributed by atoms with Crippen LogP contribution in [-0.4, -0.2) is 75.1 Å². The molecule has 0 atom stereocenters. The number of hydrogen-bond donors (Lipinski definition) is 1. The standard InChI is InChI=1S/C23H28ClN3O4/c1-30-20-8-7-17(15-21(20)31-2)9-10-25-22(28)16-26-11-13-27(14-12-26)23(29)18-5-3-4-6-19(18)24/h3-8,15H,9-14,16H2,1-2H3,(H,25,28). The molecule has 166 valence electrons. The Kier molecular flexibility index (Phi) is 8.14. The second-order valence-corrected chi connectivity index (χ2v) is 7.74. The molecule has 0 aromatic heterocycles. The van der Waals surface area contributed by atoms with Crippen LogP contribution in [0.15, 0.2) is 42.5 Å². The van der Waals surface area contributed by atoms with E-state index in [1.807, 2.05) is 24.3 Å². The summed E-state index contributed by atoms with van der Waals surface area (Å²) < 4.78 is 10.6. The van der Waals surface area contributed by atoms with Gasteiger partial charge in [-0.3, -0.25) is 14.5 Å². The normalized spacial score (nSPS) is 14.2. The smallest absolute Gasteiger partial charge is 0.255 e. The lowest BCUT2D eigenvalue weighted by atomic mass is 10.1. The van der Waals surface area contributed by atoms with Crippen LogP contribution in [0.3, 0.4) is 0 Å². The molecule has 0 spiro atoms. The zero-order valence-corrected chi connectivity index (χ0v) is 18.7. The Bertz CT molecular complexity index is 913. The predicted octanol–water partition coefficient (Wildman–Crippen LogP) is 2.47. The Morgan fingerprint density at radius 2 is 1.71 bits per heavy atom. The first-order chi connectivity index (χ1) is 15.0. The minimum absolute atomic E-state index is 0.0219. The molecule has 8 heteroatoms. The van der Waals surface area contributed by atoms with Gasteiger partial charge in [0.05, 0.1) is 31.4 Å². The van der Waals surface area contributed by atoms with Crippen molar-refractivity contribution < 1.29 is 19.1 Å². The highest BCUT2D eigenvalue weighted by atomic mass is 35.5. The summed E-state index contributed by atoms with van der Waals surface area (Å²) in [5, 5.41) is 3.42. The van der Waals surface area contributed by atoms with Crippen molar-refractivity contribution in [1.29, 1.82) is 0 Å². The van der Waals surface area contributed by atoms with Crippen LogP contribution < -0.4 is 14.8 Å². The number of carbonyl (C=O) groups is 2. The highest BCUT2D eigenvalue weighted by Gasteiger charge is 2.24. The van der Waals surface area contributed by atoms with Gasteiger partial charge in [-0.25, -0.2) is 0 Å². The minimum atomic E-state index is -0.0652. The molecule has 7 nitrogen and oxygen atoms in total. The van der Waals surface area contributed by atoms with Crippen LogP contribution in [0.2, 0.25) is 5.02 Å². The van der Waals surface area contributed by atoms with Crippen LogP contribution in [0.4, 0.5) is 0 Å². The van der Waals surface area contributed by atoms with Crippen molar-refractivity contribution >= 4 is 23.4 Å². The number of carbonyl (C=O) groups excluding carboxylic acids is 2. The number of piperazine rings is 1. The Labute approximate surface area is 187 Å². The number of nitrogens with zero attached hydrogens (tertiary/aromatic N) is 2. The van der Waals surface area contributed by atoms with E-state index in [0.717, 1.165) is 5.56 Å². The first kappa shape index (κ1) is 22.9. The van der Waals surface area contributed by atoms with Crippen LogP contribution in [0.5, 0.6) is 11.5 Å². The molecule has 1 aliphatic rings. The highest BCUT2D eigenvalue weighted by molar-refractivity contribution is 6.33. The van der Waals surface area contributed by atoms with Gasteiger partial charge in [0.2, 0.25) is 5.91 Å². The summed E-state index contributed by atoms with van der Waals surface area (Å²) in [6, 6.07) is 12.8. The molecule has 1 saturated heterocycles. The first-order valence-electron chi connectivity index (χ1n) is 10.3. The summed E-state index contributed by atoms with van der Waals surface area (Å²) in [5.41, 5.74) is 1.58. The number of rotatable bonds is 8. The lowest BCUT2D eigenvalue weighted by Crippen LogP contribution is -2.51. The topological polar surface area (TPSA) is 71.1 Å². The molecule has 2 aromatic carbocycles. The molecule has 2 aromatic rings. The lowest BCUT2D eigenvalue weighted by Gasteiger charge is -2.34. The summed E-state index contributed by atoms with van der Waals surface area (Å²) in [6.07, 6.45) is 0.701. The molecule has 1 aliphatic heterocycles. The molecule has 31 heavy (non-hydrogen) atoms. The number of amides is 2. The molecule has 0 saturated carbocycles. The third-order valence-electron chi connectivity index (χ3n) is 5.31. The quantitative estimate of drug-likeness (QED) is 0.676. The molecule has 1 N–H and O–H groups in total. The third kappa shape index (κ3) is 6.12. The fraction of sp³-hybridized carbons (Fsp3) is 0.391. The van der Waals surface area contributed by atoms with Gasteiger partial charge < -0.3 is 19.7 Å². The minimum Gasteiger partial charge on any atom is -0.493 e. The van der Waals surface area contributed by atoms with Gasteiger partial charge >= 0.3 is 0 Å². The number of hydrogen-bond acceptors (Lipinski definition) is 5. The highest BCUT2D eigenvalue weighted by Crippen LogP contribution is 2.27. The van der Waals surface area contributed by atoms with E-state index in [0.29, 0.717) is 67.8 Å². The van der Waals surface area contributed by atoms with Gasteiger partial charge in [-0.1, -0.05) is 29.8 Å². The van der Waals surface area contributed by atoms with Crippen molar-refractivity contribution in [2.24, 2.45) is 0 Å². The molecule has 1 heterocycles. The van der Waals surface area contributed by atoms with Gasteiger partial charge in [0, 0.05) is 32.7 Å². The van der Waals surface area contributed by atoms with E-state index in [4.69, 9.17) is 21.1 Å². The summed E-state index contributed by atoms with van der Waals surface area (Å²) in [7, 11) is 3.20. The van der Waals surface area contributed by atoms with Crippen molar-refractivity contribution in [2.45, 2.75) is 6.42 Å².